The summed E-state index contributed by atoms with van der Waals surface area (Å²) < 4.78 is 0. The van der Waals surface area contributed by atoms with Crippen LogP contribution in [0, 0.1) is 0 Å². The molecule has 68 valence electrons. The molecule has 1 heterocycles. The molecule has 1 aliphatic heterocycles. The number of amides is 2. The Morgan fingerprint density at radius 3 is 2.83 bits per heavy atom. The smallest absolute Gasteiger partial charge is 0.243 e. The molecule has 4 heteroatoms. The van der Waals surface area contributed by atoms with E-state index in [4.69, 9.17) is 0 Å². The summed E-state index contributed by atoms with van der Waals surface area (Å²) in [5.41, 5.74) is 0. The molecule has 2 amide bonds. The molecule has 1 fully saturated rings. The largest absolute Gasteiger partial charge is 0.306 e. The van der Waals surface area contributed by atoms with Crippen molar-refractivity contribution in [3.63, 3.8) is 0 Å². The molecule has 12 heavy (non-hydrogen) atoms. The fraction of sp³-hybridized carbons (Fsp3) is 0.750. The van der Waals surface area contributed by atoms with E-state index >= 15 is 0 Å². The van der Waals surface area contributed by atoms with Crippen LogP contribution < -0.4 is 10.6 Å². The summed E-state index contributed by atoms with van der Waals surface area (Å²) in [5.74, 6) is -0.381. The van der Waals surface area contributed by atoms with Gasteiger partial charge in [0.1, 0.15) is 0 Å². The van der Waals surface area contributed by atoms with Gasteiger partial charge >= 0.3 is 0 Å². The lowest BCUT2D eigenvalue weighted by Gasteiger charge is -2.08. The maximum absolute atomic E-state index is 11.2. The molecule has 0 aromatic rings. The van der Waals surface area contributed by atoms with Crippen LogP contribution >= 0.6 is 0 Å². The number of hydrogen-bond acceptors (Lipinski definition) is 3. The lowest BCUT2D eigenvalue weighted by atomic mass is 10.2. The molecular formula is C8H14N2O2. The van der Waals surface area contributed by atoms with Gasteiger partial charge < -0.3 is 5.32 Å². The Labute approximate surface area is 71.7 Å². The van der Waals surface area contributed by atoms with Gasteiger partial charge in [-0.15, -0.1) is 0 Å². The maximum atomic E-state index is 11.2. The summed E-state index contributed by atoms with van der Waals surface area (Å²) in [6.07, 6.45) is 2.21. The number of hydrogen-bond donors (Lipinski definition) is 2. The Morgan fingerprint density at radius 1 is 1.58 bits per heavy atom. The van der Waals surface area contributed by atoms with Gasteiger partial charge in [0.2, 0.25) is 11.8 Å². The third-order valence-corrected chi connectivity index (χ3v) is 1.96. The van der Waals surface area contributed by atoms with Gasteiger partial charge in [-0.2, -0.15) is 0 Å². The Kier molecular flexibility index (Phi) is 3.22. The molecule has 0 radical (unpaired) electrons. The van der Waals surface area contributed by atoms with Crippen LogP contribution in [0.15, 0.2) is 0 Å². The summed E-state index contributed by atoms with van der Waals surface area (Å²) in [6, 6.07) is -0.152. The van der Waals surface area contributed by atoms with Crippen molar-refractivity contribution in [3.8, 4) is 0 Å². The Bertz CT molecular complexity index is 185. The lowest BCUT2D eigenvalue weighted by Crippen LogP contribution is -2.42. The molecule has 1 aliphatic rings. The van der Waals surface area contributed by atoms with Crippen LogP contribution in [-0.4, -0.2) is 24.4 Å². The molecule has 1 atom stereocenters. The van der Waals surface area contributed by atoms with E-state index in [0.717, 1.165) is 19.4 Å². The second-order valence-corrected chi connectivity index (χ2v) is 2.91. The lowest BCUT2D eigenvalue weighted by molar-refractivity contribution is -0.131. The van der Waals surface area contributed by atoms with Crippen molar-refractivity contribution in [1.82, 2.24) is 10.6 Å². The van der Waals surface area contributed by atoms with Crippen LogP contribution in [0.25, 0.3) is 0 Å². The first-order valence-electron chi connectivity index (χ1n) is 4.31. The zero-order chi connectivity index (χ0) is 8.97. The van der Waals surface area contributed by atoms with Crippen LogP contribution in [0.4, 0.5) is 0 Å². The normalized spacial score (nSPS) is 22.2. The van der Waals surface area contributed by atoms with Gasteiger partial charge in [0.05, 0.1) is 6.04 Å². The molecule has 0 saturated carbocycles. The van der Waals surface area contributed by atoms with Gasteiger partial charge in [0.15, 0.2) is 0 Å². The minimum atomic E-state index is -0.200. The topological polar surface area (TPSA) is 58.2 Å². The van der Waals surface area contributed by atoms with Crippen LogP contribution in [0.5, 0.6) is 0 Å². The zero-order valence-electron chi connectivity index (χ0n) is 7.22. The first kappa shape index (κ1) is 9.19. The summed E-state index contributed by atoms with van der Waals surface area (Å²) in [5, 5.41) is 5.35. The monoisotopic (exact) mass is 170 g/mol. The van der Waals surface area contributed by atoms with Gasteiger partial charge in [0.25, 0.3) is 0 Å². The molecule has 1 unspecified atom stereocenters. The standard InChI is InChI=1S/C8H14N2O2/c1-2-7(11)10-8(12)6-4-3-5-9-6/h6,9H,2-5H2,1H3,(H,10,11,12). The highest BCUT2D eigenvalue weighted by atomic mass is 16.2. The third kappa shape index (κ3) is 2.30. The molecule has 1 rings (SSSR count). The number of nitrogens with one attached hydrogen (secondary N) is 2. The molecule has 1 saturated heterocycles. The van der Waals surface area contributed by atoms with Crippen molar-refractivity contribution in [3.05, 3.63) is 0 Å². The minimum Gasteiger partial charge on any atom is -0.306 e. The first-order valence-corrected chi connectivity index (χ1v) is 4.31. The van der Waals surface area contributed by atoms with E-state index in [1.54, 1.807) is 6.92 Å². The third-order valence-electron chi connectivity index (χ3n) is 1.96. The van der Waals surface area contributed by atoms with Gasteiger partial charge in [-0.25, -0.2) is 0 Å². The Hall–Kier alpha value is -0.900. The highest BCUT2D eigenvalue weighted by molar-refractivity contribution is 5.97. The van der Waals surface area contributed by atoms with E-state index in [0.29, 0.717) is 6.42 Å². The SMILES string of the molecule is CCC(=O)NC(=O)C1CCCN1. The Balaban J connectivity index is 2.32. The molecule has 0 aromatic carbocycles. The van der Waals surface area contributed by atoms with E-state index in [2.05, 4.69) is 10.6 Å². The highest BCUT2D eigenvalue weighted by Crippen LogP contribution is 2.04. The van der Waals surface area contributed by atoms with Gasteiger partial charge in [-0.1, -0.05) is 6.92 Å². The quantitative estimate of drug-likeness (QED) is 0.603. The minimum absolute atomic E-state index is 0.152. The van der Waals surface area contributed by atoms with Crippen LogP contribution in [0.2, 0.25) is 0 Å². The predicted octanol–water partition coefficient (Wildman–Crippen LogP) is -0.209. The van der Waals surface area contributed by atoms with Crippen molar-refractivity contribution < 1.29 is 9.59 Å². The second-order valence-electron chi connectivity index (χ2n) is 2.91. The maximum Gasteiger partial charge on any atom is 0.243 e. The number of carbonyl (C=O) groups is 2. The Morgan fingerprint density at radius 2 is 2.33 bits per heavy atom. The molecule has 0 aromatic heterocycles. The number of carbonyl (C=O) groups excluding carboxylic acids is 2. The molecule has 0 aliphatic carbocycles. The van der Waals surface area contributed by atoms with E-state index in [1.165, 1.54) is 0 Å². The van der Waals surface area contributed by atoms with Gasteiger partial charge in [0, 0.05) is 6.42 Å². The average Bonchev–Trinajstić information content (AvgIpc) is 2.56. The fourth-order valence-corrected chi connectivity index (χ4v) is 1.22. The van der Waals surface area contributed by atoms with Crippen molar-refractivity contribution in [1.29, 1.82) is 0 Å². The summed E-state index contributed by atoms with van der Waals surface area (Å²) in [6.45, 7) is 2.60. The van der Waals surface area contributed by atoms with Crippen molar-refractivity contribution in [2.75, 3.05) is 6.54 Å². The highest BCUT2D eigenvalue weighted by Gasteiger charge is 2.22. The molecule has 0 bridgehead atoms. The summed E-state index contributed by atoms with van der Waals surface area (Å²) in [4.78, 5) is 22.0. The molecule has 0 spiro atoms. The fourth-order valence-electron chi connectivity index (χ4n) is 1.22. The van der Waals surface area contributed by atoms with Crippen LogP contribution in [0.1, 0.15) is 26.2 Å². The second kappa shape index (κ2) is 4.21. The van der Waals surface area contributed by atoms with Crippen LogP contribution in [-0.2, 0) is 9.59 Å². The molecule has 4 nitrogen and oxygen atoms in total. The molecular weight excluding hydrogens is 156 g/mol. The first-order chi connectivity index (χ1) is 5.74. The number of imide groups is 1. The van der Waals surface area contributed by atoms with E-state index in [-0.39, 0.29) is 17.9 Å². The zero-order valence-corrected chi connectivity index (χ0v) is 7.22. The van der Waals surface area contributed by atoms with E-state index in [1.807, 2.05) is 0 Å². The molecule has 2 N–H and O–H groups in total. The van der Waals surface area contributed by atoms with Crippen molar-refractivity contribution in [2.45, 2.75) is 32.2 Å². The van der Waals surface area contributed by atoms with Gasteiger partial charge in [-0.05, 0) is 19.4 Å². The summed E-state index contributed by atoms with van der Waals surface area (Å²) >= 11 is 0. The van der Waals surface area contributed by atoms with E-state index in [9.17, 15) is 9.59 Å². The van der Waals surface area contributed by atoms with Gasteiger partial charge in [-0.3, -0.25) is 14.9 Å². The summed E-state index contributed by atoms with van der Waals surface area (Å²) in [7, 11) is 0. The van der Waals surface area contributed by atoms with Crippen molar-refractivity contribution in [2.24, 2.45) is 0 Å². The van der Waals surface area contributed by atoms with Crippen molar-refractivity contribution >= 4 is 11.8 Å². The predicted molar refractivity (Wildman–Crippen MR) is 44.5 cm³/mol. The average molecular weight is 170 g/mol. The number of rotatable bonds is 2. The van der Waals surface area contributed by atoms with Crippen LogP contribution in [0.3, 0.4) is 0 Å². The van der Waals surface area contributed by atoms with E-state index < -0.39 is 0 Å².